The molecule has 1 aromatic carbocycles. The molecule has 0 spiro atoms. The highest BCUT2D eigenvalue weighted by atomic mass is 19.2. The highest BCUT2D eigenvalue weighted by Gasteiger charge is 2.31. The van der Waals surface area contributed by atoms with E-state index in [1.54, 1.807) is 0 Å². The summed E-state index contributed by atoms with van der Waals surface area (Å²) < 4.78 is 40.1. The average Bonchev–Trinajstić information content (AvgIpc) is 2.99. The Morgan fingerprint density at radius 2 is 1.95 bits per heavy atom. The van der Waals surface area contributed by atoms with Gasteiger partial charge in [0.1, 0.15) is 6.54 Å². The van der Waals surface area contributed by atoms with Crippen molar-refractivity contribution in [1.29, 1.82) is 5.26 Å². The summed E-state index contributed by atoms with van der Waals surface area (Å²) in [5, 5.41) is 18.0. The van der Waals surface area contributed by atoms with E-state index in [9.17, 15) is 18.0 Å². The van der Waals surface area contributed by atoms with Crippen LogP contribution >= 0.6 is 0 Å². The third-order valence-corrected chi connectivity index (χ3v) is 3.63. The molecule has 7 heteroatoms. The van der Waals surface area contributed by atoms with E-state index in [0.29, 0.717) is 18.9 Å². The molecule has 4 nitrogen and oxygen atoms in total. The van der Waals surface area contributed by atoms with Crippen LogP contribution < -0.4 is 0 Å². The van der Waals surface area contributed by atoms with Crippen molar-refractivity contribution in [3.05, 3.63) is 29.1 Å². The maximum Gasteiger partial charge on any atom is 0.258 e. The minimum Gasteiger partial charge on any atom is -0.503 e. The molecule has 1 aliphatic carbocycles. The fraction of sp³-hybridized carbons (Fsp3) is 0.429. The van der Waals surface area contributed by atoms with Crippen LogP contribution in [0.5, 0.6) is 5.75 Å². The lowest BCUT2D eigenvalue weighted by Gasteiger charge is -2.26. The van der Waals surface area contributed by atoms with Crippen LogP contribution in [0.3, 0.4) is 0 Å². The monoisotopic (exact) mass is 298 g/mol. The molecule has 1 aliphatic rings. The second-order valence-corrected chi connectivity index (χ2v) is 4.91. The Kier molecular flexibility index (Phi) is 4.36. The van der Waals surface area contributed by atoms with Gasteiger partial charge in [0.15, 0.2) is 17.4 Å². The fourth-order valence-electron chi connectivity index (χ4n) is 2.56. The third kappa shape index (κ3) is 2.79. The van der Waals surface area contributed by atoms with Crippen LogP contribution in [0.4, 0.5) is 13.2 Å². The molecule has 1 N–H and O–H groups in total. The van der Waals surface area contributed by atoms with E-state index in [1.807, 2.05) is 6.07 Å². The van der Waals surface area contributed by atoms with Gasteiger partial charge in [0.05, 0.1) is 11.6 Å². The number of hydrogen-bond donors (Lipinski definition) is 1. The first-order valence-electron chi connectivity index (χ1n) is 6.51. The van der Waals surface area contributed by atoms with Gasteiger partial charge >= 0.3 is 0 Å². The molecule has 2 rings (SSSR count). The van der Waals surface area contributed by atoms with Crippen LogP contribution in [0.1, 0.15) is 36.0 Å². The van der Waals surface area contributed by atoms with Crippen molar-refractivity contribution in [2.45, 2.75) is 31.7 Å². The van der Waals surface area contributed by atoms with Crippen LogP contribution in [0.2, 0.25) is 0 Å². The van der Waals surface area contributed by atoms with E-state index >= 15 is 0 Å². The molecule has 1 saturated carbocycles. The Bertz CT molecular complexity index is 607. The number of rotatable bonds is 3. The Morgan fingerprint density at radius 1 is 1.33 bits per heavy atom. The quantitative estimate of drug-likeness (QED) is 0.689. The maximum absolute atomic E-state index is 13.8. The number of amides is 1. The van der Waals surface area contributed by atoms with Crippen molar-refractivity contribution in [3.8, 4) is 11.8 Å². The number of nitrogens with zero attached hydrogens (tertiary/aromatic N) is 2. The van der Waals surface area contributed by atoms with E-state index in [-0.39, 0.29) is 12.6 Å². The van der Waals surface area contributed by atoms with Gasteiger partial charge in [-0.25, -0.2) is 8.78 Å². The molecule has 0 aliphatic heterocycles. The number of hydrogen-bond acceptors (Lipinski definition) is 3. The summed E-state index contributed by atoms with van der Waals surface area (Å²) >= 11 is 0. The second-order valence-electron chi connectivity index (χ2n) is 4.91. The average molecular weight is 298 g/mol. The molecule has 1 aromatic rings. The molecular weight excluding hydrogens is 285 g/mol. The number of phenols is 1. The molecule has 0 unspecified atom stereocenters. The fourth-order valence-corrected chi connectivity index (χ4v) is 2.56. The standard InChI is InChI=1S/C14H13F3N2O2/c15-10-7-9(11(16)13(20)12(10)17)14(21)19(6-5-18)8-3-1-2-4-8/h7-8,20H,1-4,6H2. The van der Waals surface area contributed by atoms with Crippen LogP contribution in [-0.2, 0) is 0 Å². The molecule has 0 bridgehead atoms. The molecule has 0 saturated heterocycles. The number of phenolic OH excluding ortho intramolecular Hbond substituents is 1. The van der Waals surface area contributed by atoms with Gasteiger partial charge in [0.2, 0.25) is 5.82 Å². The number of carbonyl (C=O) groups excluding carboxylic acids is 1. The van der Waals surface area contributed by atoms with Gasteiger partial charge in [0, 0.05) is 6.04 Å². The largest absolute Gasteiger partial charge is 0.503 e. The lowest BCUT2D eigenvalue weighted by atomic mass is 10.1. The zero-order valence-electron chi connectivity index (χ0n) is 11.1. The number of aromatic hydroxyl groups is 1. The van der Waals surface area contributed by atoms with Crippen molar-refractivity contribution < 1.29 is 23.1 Å². The molecule has 112 valence electrons. The molecule has 0 radical (unpaired) electrons. The molecule has 0 aromatic heterocycles. The first-order chi connectivity index (χ1) is 9.97. The van der Waals surface area contributed by atoms with E-state index in [4.69, 9.17) is 10.4 Å². The van der Waals surface area contributed by atoms with Crippen molar-refractivity contribution in [3.63, 3.8) is 0 Å². The molecule has 1 fully saturated rings. The zero-order chi connectivity index (χ0) is 15.6. The normalized spacial score (nSPS) is 15.0. The Labute approximate surface area is 119 Å². The Hall–Kier alpha value is -2.23. The van der Waals surface area contributed by atoms with E-state index in [2.05, 4.69) is 0 Å². The summed E-state index contributed by atoms with van der Waals surface area (Å²) in [6.07, 6.45) is 3.10. The lowest BCUT2D eigenvalue weighted by molar-refractivity contribution is 0.0702. The SMILES string of the molecule is N#CCN(C(=O)c1cc(F)c(F)c(O)c1F)C1CCCC1. The maximum atomic E-state index is 13.8. The van der Waals surface area contributed by atoms with Crippen molar-refractivity contribution in [2.75, 3.05) is 6.54 Å². The molecule has 1 amide bonds. The number of carbonyl (C=O) groups is 1. The first-order valence-corrected chi connectivity index (χ1v) is 6.51. The van der Waals surface area contributed by atoms with Crippen LogP contribution in [0, 0.1) is 28.8 Å². The van der Waals surface area contributed by atoms with Gasteiger partial charge in [0.25, 0.3) is 5.91 Å². The van der Waals surface area contributed by atoms with Crippen LogP contribution in [0.15, 0.2) is 6.07 Å². The number of nitriles is 1. The Balaban J connectivity index is 2.39. The van der Waals surface area contributed by atoms with Gasteiger partial charge < -0.3 is 10.0 Å². The summed E-state index contributed by atoms with van der Waals surface area (Å²) in [6, 6.07) is 1.99. The second kappa shape index (κ2) is 6.04. The number of benzene rings is 1. The smallest absolute Gasteiger partial charge is 0.258 e. The van der Waals surface area contributed by atoms with Gasteiger partial charge in [-0.1, -0.05) is 12.8 Å². The van der Waals surface area contributed by atoms with Crippen LogP contribution in [-0.4, -0.2) is 28.5 Å². The van der Waals surface area contributed by atoms with Gasteiger partial charge in [-0.2, -0.15) is 9.65 Å². The first kappa shape index (κ1) is 15.2. The predicted octanol–water partition coefficient (Wildman–Crippen LogP) is 2.72. The topological polar surface area (TPSA) is 64.3 Å². The van der Waals surface area contributed by atoms with E-state index in [1.165, 1.54) is 0 Å². The summed E-state index contributed by atoms with van der Waals surface area (Å²) in [5.74, 6) is -7.21. The molecule has 21 heavy (non-hydrogen) atoms. The van der Waals surface area contributed by atoms with Gasteiger partial charge in [-0.15, -0.1) is 0 Å². The summed E-state index contributed by atoms with van der Waals surface area (Å²) in [6.45, 7) is -0.275. The highest BCUT2D eigenvalue weighted by Crippen LogP contribution is 2.29. The lowest BCUT2D eigenvalue weighted by Crippen LogP contribution is -2.39. The highest BCUT2D eigenvalue weighted by molar-refractivity contribution is 5.95. The minimum atomic E-state index is -1.74. The van der Waals surface area contributed by atoms with E-state index in [0.717, 1.165) is 17.7 Å². The van der Waals surface area contributed by atoms with Crippen molar-refractivity contribution >= 4 is 5.91 Å². The zero-order valence-corrected chi connectivity index (χ0v) is 11.1. The van der Waals surface area contributed by atoms with Gasteiger partial charge in [-0.05, 0) is 18.9 Å². The predicted molar refractivity (Wildman–Crippen MR) is 66.9 cm³/mol. The summed E-state index contributed by atoms with van der Waals surface area (Å²) in [7, 11) is 0. The van der Waals surface area contributed by atoms with Crippen molar-refractivity contribution in [1.82, 2.24) is 4.90 Å². The Morgan fingerprint density at radius 3 is 2.52 bits per heavy atom. The summed E-state index contributed by atoms with van der Waals surface area (Å²) in [5.41, 5.74) is -0.770. The number of halogens is 3. The minimum absolute atomic E-state index is 0.230. The van der Waals surface area contributed by atoms with Crippen LogP contribution in [0.25, 0.3) is 0 Å². The molecular formula is C14H13F3N2O2. The van der Waals surface area contributed by atoms with E-state index < -0.39 is 34.7 Å². The van der Waals surface area contributed by atoms with Gasteiger partial charge in [-0.3, -0.25) is 4.79 Å². The van der Waals surface area contributed by atoms with Crippen molar-refractivity contribution in [2.24, 2.45) is 0 Å². The molecule has 0 atom stereocenters. The third-order valence-electron chi connectivity index (χ3n) is 3.63. The molecule has 0 heterocycles. The summed E-state index contributed by atoms with van der Waals surface area (Å²) in [4.78, 5) is 13.4.